The highest BCUT2D eigenvalue weighted by molar-refractivity contribution is 6.15. The number of halogens is 1. The first kappa shape index (κ1) is 19.6. The van der Waals surface area contributed by atoms with Gasteiger partial charge < -0.3 is 15.3 Å². The van der Waals surface area contributed by atoms with Crippen molar-refractivity contribution in [2.45, 2.75) is 20.4 Å². The Morgan fingerprint density at radius 2 is 1.96 bits per heavy atom. The van der Waals surface area contributed by atoms with Gasteiger partial charge in [0.2, 0.25) is 0 Å². The number of nitrogens with one attached hydrogen (secondary N) is 1. The Hall–Kier alpha value is -3.15. The fraction of sp³-hybridized carbons (Fsp3) is 0.273. The molecule has 0 amide bonds. The van der Waals surface area contributed by atoms with Crippen molar-refractivity contribution >= 4 is 23.1 Å². The summed E-state index contributed by atoms with van der Waals surface area (Å²) in [6.07, 6.45) is 1.72. The fourth-order valence-electron chi connectivity index (χ4n) is 3.37. The normalized spacial score (nSPS) is 17.4. The van der Waals surface area contributed by atoms with E-state index in [2.05, 4.69) is 5.32 Å². The first-order valence-corrected chi connectivity index (χ1v) is 9.12. The first-order valence-electron chi connectivity index (χ1n) is 9.12. The van der Waals surface area contributed by atoms with Crippen LogP contribution >= 0.6 is 0 Å². The maximum atomic E-state index is 14.8. The summed E-state index contributed by atoms with van der Waals surface area (Å²) in [6.45, 7) is 4.30. The summed E-state index contributed by atoms with van der Waals surface area (Å²) in [5, 5.41) is 12.5. The second-order valence-corrected chi connectivity index (χ2v) is 7.32. The van der Waals surface area contributed by atoms with Gasteiger partial charge >= 0.3 is 5.97 Å². The molecular formula is C22H23FN2O3. The van der Waals surface area contributed by atoms with E-state index in [0.29, 0.717) is 23.6 Å². The van der Waals surface area contributed by atoms with E-state index in [4.69, 9.17) is 0 Å². The molecule has 0 radical (unpaired) electrons. The minimum atomic E-state index is -1.35. The highest BCUT2D eigenvalue weighted by atomic mass is 19.1. The lowest BCUT2D eigenvalue weighted by Gasteiger charge is -2.28. The number of carboxylic acid groups (broad SMARTS) is 1. The van der Waals surface area contributed by atoms with Gasteiger partial charge in [-0.25, -0.2) is 4.39 Å². The predicted molar refractivity (Wildman–Crippen MR) is 107 cm³/mol. The van der Waals surface area contributed by atoms with Crippen LogP contribution in [0.4, 0.5) is 15.8 Å². The molecule has 2 aromatic carbocycles. The van der Waals surface area contributed by atoms with Crippen LogP contribution in [-0.4, -0.2) is 23.9 Å². The number of carboxylic acids is 1. The third-order valence-electron chi connectivity index (χ3n) is 4.64. The smallest absolute Gasteiger partial charge is 0.320 e. The summed E-state index contributed by atoms with van der Waals surface area (Å²) in [4.78, 5) is 26.1. The van der Waals surface area contributed by atoms with Gasteiger partial charge in [-0.05, 0) is 23.6 Å². The quantitative estimate of drug-likeness (QED) is 0.754. The number of rotatable bonds is 5. The van der Waals surface area contributed by atoms with Crippen LogP contribution in [0.15, 0.2) is 54.2 Å². The average molecular weight is 382 g/mol. The lowest BCUT2D eigenvalue weighted by Crippen LogP contribution is -2.34. The molecule has 2 N–H and O–H groups in total. The summed E-state index contributed by atoms with van der Waals surface area (Å²) >= 11 is 0. The average Bonchev–Trinajstić information content (AvgIpc) is 2.62. The lowest BCUT2D eigenvalue weighted by molar-refractivity contribution is -0.138. The molecule has 1 atom stereocenters. The van der Waals surface area contributed by atoms with Gasteiger partial charge in [-0.2, -0.15) is 0 Å². The Balaban J connectivity index is 1.99. The van der Waals surface area contributed by atoms with Crippen molar-refractivity contribution < 1.29 is 19.1 Å². The van der Waals surface area contributed by atoms with E-state index in [-0.39, 0.29) is 11.5 Å². The second kappa shape index (κ2) is 7.84. The number of ketones is 1. The molecule has 3 rings (SSSR count). The van der Waals surface area contributed by atoms with Gasteiger partial charge in [0.05, 0.1) is 11.4 Å². The van der Waals surface area contributed by atoms with E-state index >= 15 is 0 Å². The fourth-order valence-corrected chi connectivity index (χ4v) is 3.37. The van der Waals surface area contributed by atoms with Gasteiger partial charge in [0, 0.05) is 24.9 Å². The zero-order valence-corrected chi connectivity index (χ0v) is 16.1. The van der Waals surface area contributed by atoms with Gasteiger partial charge in [0.15, 0.2) is 11.7 Å². The number of Topliss-reactive ketones (excluding diaryl/α,β-unsaturated/α-hetero) is 1. The number of hydrogen-bond acceptors (Lipinski definition) is 4. The molecule has 1 aliphatic rings. The Bertz CT molecular complexity index is 938. The molecule has 0 saturated carbocycles. The standard InChI is InChI=1S/C22H23FN2O3/c1-13(2)9-18-20(22(27)28)21(26)15-10-16(23)19(11-17(15)24-18)25(3)12-14-7-5-4-6-8-14/h4-11,13,20,24H,12H2,1-3H3,(H,27,28). The van der Waals surface area contributed by atoms with E-state index in [0.717, 1.165) is 11.6 Å². The second-order valence-electron chi connectivity index (χ2n) is 7.32. The zero-order chi connectivity index (χ0) is 20.4. The monoisotopic (exact) mass is 382 g/mol. The zero-order valence-electron chi connectivity index (χ0n) is 16.1. The Morgan fingerprint density at radius 1 is 1.29 bits per heavy atom. The van der Waals surface area contributed by atoms with Crippen LogP contribution in [0.1, 0.15) is 29.8 Å². The van der Waals surface area contributed by atoms with Crippen LogP contribution in [0.3, 0.4) is 0 Å². The molecule has 5 nitrogen and oxygen atoms in total. The molecule has 1 unspecified atom stereocenters. The van der Waals surface area contributed by atoms with Crippen molar-refractivity contribution in [2.75, 3.05) is 17.3 Å². The number of nitrogens with zero attached hydrogens (tertiary/aromatic N) is 1. The van der Waals surface area contributed by atoms with E-state index in [9.17, 15) is 19.1 Å². The van der Waals surface area contributed by atoms with Gasteiger partial charge in [0.1, 0.15) is 5.82 Å². The summed E-state index contributed by atoms with van der Waals surface area (Å²) < 4.78 is 14.8. The van der Waals surface area contributed by atoms with Crippen molar-refractivity contribution in [1.82, 2.24) is 0 Å². The molecular weight excluding hydrogens is 359 g/mol. The summed E-state index contributed by atoms with van der Waals surface area (Å²) in [7, 11) is 1.77. The van der Waals surface area contributed by atoms with Crippen LogP contribution in [0.25, 0.3) is 0 Å². The van der Waals surface area contributed by atoms with Gasteiger partial charge in [-0.15, -0.1) is 0 Å². The number of carbonyl (C=O) groups excluding carboxylic acids is 1. The van der Waals surface area contributed by atoms with Crippen LogP contribution in [0, 0.1) is 17.7 Å². The number of fused-ring (bicyclic) bond motifs is 1. The van der Waals surface area contributed by atoms with Gasteiger partial charge in [0.25, 0.3) is 0 Å². The van der Waals surface area contributed by atoms with Gasteiger partial charge in [-0.3, -0.25) is 9.59 Å². The molecule has 146 valence electrons. The molecule has 0 saturated heterocycles. The van der Waals surface area contributed by atoms with Crippen LogP contribution in [-0.2, 0) is 11.3 Å². The lowest BCUT2D eigenvalue weighted by atomic mass is 9.87. The van der Waals surface area contributed by atoms with Crippen molar-refractivity contribution in [3.63, 3.8) is 0 Å². The number of allylic oxidation sites excluding steroid dienone is 1. The Labute approximate surface area is 163 Å². The van der Waals surface area contributed by atoms with E-state index in [1.165, 1.54) is 0 Å². The maximum Gasteiger partial charge on any atom is 0.320 e. The van der Waals surface area contributed by atoms with E-state index in [1.54, 1.807) is 24.1 Å². The van der Waals surface area contributed by atoms with Crippen molar-refractivity contribution in [3.8, 4) is 0 Å². The third kappa shape index (κ3) is 3.91. The molecule has 2 aromatic rings. The summed E-state index contributed by atoms with van der Waals surface area (Å²) in [5.41, 5.74) is 2.16. The topological polar surface area (TPSA) is 69.6 Å². The molecule has 28 heavy (non-hydrogen) atoms. The Kier molecular flexibility index (Phi) is 5.49. The highest BCUT2D eigenvalue weighted by Crippen LogP contribution is 2.36. The van der Waals surface area contributed by atoms with E-state index < -0.39 is 23.5 Å². The summed E-state index contributed by atoms with van der Waals surface area (Å²) in [6, 6.07) is 12.4. The molecule has 0 aliphatic carbocycles. The minimum Gasteiger partial charge on any atom is -0.480 e. The molecule has 0 spiro atoms. The Morgan fingerprint density at radius 3 is 2.57 bits per heavy atom. The van der Waals surface area contributed by atoms with Crippen molar-refractivity contribution in [3.05, 3.63) is 71.2 Å². The predicted octanol–water partition coefficient (Wildman–Crippen LogP) is 4.31. The highest BCUT2D eigenvalue weighted by Gasteiger charge is 2.37. The van der Waals surface area contributed by atoms with Crippen molar-refractivity contribution in [2.24, 2.45) is 11.8 Å². The van der Waals surface area contributed by atoms with Crippen molar-refractivity contribution in [1.29, 1.82) is 0 Å². The molecule has 0 bridgehead atoms. The molecule has 0 aromatic heterocycles. The number of benzene rings is 2. The SMILES string of the molecule is CC(C)C=C1Nc2cc(N(C)Cc3ccccc3)c(F)cc2C(=O)C1C(=O)O. The van der Waals surface area contributed by atoms with Crippen LogP contribution < -0.4 is 10.2 Å². The first-order chi connectivity index (χ1) is 13.3. The number of anilines is 2. The molecule has 0 fully saturated rings. The molecule has 1 aliphatic heterocycles. The number of carbonyl (C=O) groups is 2. The van der Waals surface area contributed by atoms with E-state index in [1.807, 2.05) is 44.2 Å². The van der Waals surface area contributed by atoms with Gasteiger partial charge in [-0.1, -0.05) is 50.3 Å². The minimum absolute atomic E-state index is 0.0550. The van der Waals surface area contributed by atoms with Crippen LogP contribution in [0.2, 0.25) is 0 Å². The van der Waals surface area contributed by atoms with Crippen LogP contribution in [0.5, 0.6) is 0 Å². The number of aliphatic carboxylic acids is 1. The third-order valence-corrected chi connectivity index (χ3v) is 4.64. The summed E-state index contributed by atoms with van der Waals surface area (Å²) in [5.74, 6) is -3.71. The number of hydrogen-bond donors (Lipinski definition) is 2. The molecule has 6 heteroatoms. The largest absolute Gasteiger partial charge is 0.480 e. The molecule has 1 heterocycles. The maximum absolute atomic E-state index is 14.8.